The monoisotopic (exact) mass is 348 g/mol. The van der Waals surface area contributed by atoms with E-state index in [1.807, 2.05) is 4.90 Å². The maximum Gasteiger partial charge on any atom is 0.234 e. The predicted octanol–water partition coefficient (Wildman–Crippen LogP) is 0.563. The standard InChI is InChI=1S/C19H32N4O2/c20-18-13-2-1-3-14(18)11-15(10-13)19(25)23-8-6-22(7-9-23)12-17(24)21-16-4-5-16/h13-16,18H,1-12,20H2,(H,21,24). The maximum atomic E-state index is 13.0. The summed E-state index contributed by atoms with van der Waals surface area (Å²) in [5.41, 5.74) is 6.36. The van der Waals surface area contributed by atoms with Gasteiger partial charge in [0.2, 0.25) is 11.8 Å². The molecule has 0 aromatic carbocycles. The van der Waals surface area contributed by atoms with Gasteiger partial charge in [-0.25, -0.2) is 0 Å². The van der Waals surface area contributed by atoms with E-state index in [9.17, 15) is 9.59 Å². The molecular formula is C19H32N4O2. The van der Waals surface area contributed by atoms with Crippen LogP contribution in [-0.2, 0) is 9.59 Å². The molecule has 3 saturated carbocycles. The zero-order valence-electron chi connectivity index (χ0n) is 15.2. The number of carbonyl (C=O) groups excluding carboxylic acids is 2. The van der Waals surface area contributed by atoms with Crippen molar-refractivity contribution in [2.75, 3.05) is 32.7 Å². The molecule has 4 rings (SSSR count). The highest BCUT2D eigenvalue weighted by atomic mass is 16.2. The first kappa shape index (κ1) is 17.3. The van der Waals surface area contributed by atoms with Crippen molar-refractivity contribution in [2.24, 2.45) is 23.5 Å². The van der Waals surface area contributed by atoms with Crippen LogP contribution in [0.1, 0.15) is 44.9 Å². The molecule has 3 N–H and O–H groups in total. The lowest BCUT2D eigenvalue weighted by Gasteiger charge is -2.45. The molecule has 140 valence electrons. The van der Waals surface area contributed by atoms with Crippen molar-refractivity contribution in [2.45, 2.75) is 57.0 Å². The number of fused-ring (bicyclic) bond motifs is 2. The van der Waals surface area contributed by atoms with E-state index in [-0.39, 0.29) is 11.8 Å². The van der Waals surface area contributed by atoms with Gasteiger partial charge in [0.1, 0.15) is 0 Å². The number of nitrogens with two attached hydrogens (primary N) is 1. The molecule has 25 heavy (non-hydrogen) atoms. The Hall–Kier alpha value is -1.14. The summed E-state index contributed by atoms with van der Waals surface area (Å²) in [5, 5.41) is 3.04. The van der Waals surface area contributed by atoms with E-state index in [1.54, 1.807) is 0 Å². The summed E-state index contributed by atoms with van der Waals surface area (Å²) in [6.45, 7) is 3.60. The summed E-state index contributed by atoms with van der Waals surface area (Å²) in [7, 11) is 0. The molecule has 6 nitrogen and oxygen atoms in total. The number of hydrogen-bond acceptors (Lipinski definition) is 4. The fourth-order valence-electron chi connectivity index (χ4n) is 5.08. The molecule has 0 aromatic rings. The maximum absolute atomic E-state index is 13.0. The molecule has 1 saturated heterocycles. The smallest absolute Gasteiger partial charge is 0.234 e. The van der Waals surface area contributed by atoms with Gasteiger partial charge in [0.05, 0.1) is 6.54 Å². The second-order valence-electron chi connectivity index (χ2n) is 8.64. The largest absolute Gasteiger partial charge is 0.352 e. The highest BCUT2D eigenvalue weighted by Gasteiger charge is 2.42. The van der Waals surface area contributed by atoms with Crippen LogP contribution in [0, 0.1) is 17.8 Å². The van der Waals surface area contributed by atoms with Gasteiger partial charge in [-0.3, -0.25) is 14.5 Å². The minimum atomic E-state index is 0.136. The van der Waals surface area contributed by atoms with Crippen molar-refractivity contribution in [1.29, 1.82) is 0 Å². The predicted molar refractivity (Wildman–Crippen MR) is 95.7 cm³/mol. The first-order valence-electron chi connectivity index (χ1n) is 10.2. The van der Waals surface area contributed by atoms with Gasteiger partial charge in [-0.15, -0.1) is 0 Å². The van der Waals surface area contributed by atoms with Gasteiger partial charge >= 0.3 is 0 Å². The van der Waals surface area contributed by atoms with Crippen molar-refractivity contribution in [3.63, 3.8) is 0 Å². The average Bonchev–Trinajstić information content (AvgIpc) is 3.38. The van der Waals surface area contributed by atoms with E-state index >= 15 is 0 Å². The van der Waals surface area contributed by atoms with Crippen LogP contribution in [0.3, 0.4) is 0 Å². The number of nitrogens with zero attached hydrogens (tertiary/aromatic N) is 2. The highest BCUT2D eigenvalue weighted by molar-refractivity contribution is 5.80. The molecule has 6 heteroatoms. The lowest BCUT2D eigenvalue weighted by molar-refractivity contribution is -0.140. The first-order chi connectivity index (χ1) is 12.1. The van der Waals surface area contributed by atoms with Crippen LogP contribution in [-0.4, -0.2) is 66.4 Å². The Kier molecular flexibility index (Phi) is 5.00. The van der Waals surface area contributed by atoms with Crippen molar-refractivity contribution < 1.29 is 9.59 Å². The van der Waals surface area contributed by atoms with Gasteiger partial charge in [0.25, 0.3) is 0 Å². The second kappa shape index (κ2) is 7.23. The lowest BCUT2D eigenvalue weighted by Crippen LogP contribution is -2.54. The molecule has 1 heterocycles. The van der Waals surface area contributed by atoms with Gasteiger partial charge in [-0.1, -0.05) is 6.42 Å². The summed E-state index contributed by atoms with van der Waals surface area (Å²) in [5.74, 6) is 1.75. The number of amides is 2. The van der Waals surface area contributed by atoms with Crippen LogP contribution >= 0.6 is 0 Å². The van der Waals surface area contributed by atoms with E-state index < -0.39 is 0 Å². The Morgan fingerprint density at radius 3 is 2.20 bits per heavy atom. The number of nitrogens with one attached hydrogen (secondary N) is 1. The van der Waals surface area contributed by atoms with E-state index in [1.165, 1.54) is 19.3 Å². The average molecular weight is 348 g/mol. The van der Waals surface area contributed by atoms with Crippen LogP contribution in [0.2, 0.25) is 0 Å². The minimum absolute atomic E-state index is 0.136. The number of carbonyl (C=O) groups is 2. The Balaban J connectivity index is 1.24. The molecule has 2 atom stereocenters. The Bertz CT molecular complexity index is 500. The van der Waals surface area contributed by atoms with Crippen molar-refractivity contribution >= 4 is 11.8 Å². The zero-order chi connectivity index (χ0) is 17.4. The van der Waals surface area contributed by atoms with Crippen molar-refractivity contribution in [3.8, 4) is 0 Å². The quantitative estimate of drug-likeness (QED) is 0.778. The summed E-state index contributed by atoms with van der Waals surface area (Å²) < 4.78 is 0. The molecule has 0 spiro atoms. The number of hydrogen-bond donors (Lipinski definition) is 2. The van der Waals surface area contributed by atoms with Crippen LogP contribution in [0.4, 0.5) is 0 Å². The van der Waals surface area contributed by atoms with Gasteiger partial charge in [0, 0.05) is 44.2 Å². The molecule has 0 radical (unpaired) electrons. The van der Waals surface area contributed by atoms with Crippen LogP contribution in [0.15, 0.2) is 0 Å². The molecule has 3 aliphatic carbocycles. The molecule has 1 aliphatic heterocycles. The van der Waals surface area contributed by atoms with Crippen LogP contribution < -0.4 is 11.1 Å². The fourth-order valence-corrected chi connectivity index (χ4v) is 5.08. The zero-order valence-corrected chi connectivity index (χ0v) is 15.2. The first-order valence-corrected chi connectivity index (χ1v) is 10.2. The van der Waals surface area contributed by atoms with E-state index in [0.29, 0.717) is 36.4 Å². The summed E-state index contributed by atoms with van der Waals surface area (Å²) >= 11 is 0. The molecule has 2 bridgehead atoms. The van der Waals surface area contributed by atoms with Gasteiger partial charge in [0.15, 0.2) is 0 Å². The molecule has 4 fully saturated rings. The van der Waals surface area contributed by atoms with Crippen molar-refractivity contribution in [1.82, 2.24) is 15.1 Å². The van der Waals surface area contributed by atoms with Crippen molar-refractivity contribution in [3.05, 3.63) is 0 Å². The summed E-state index contributed by atoms with van der Waals surface area (Å²) in [6, 6.07) is 0.743. The second-order valence-corrected chi connectivity index (χ2v) is 8.64. The Labute approximate surface area is 150 Å². The molecule has 0 aromatic heterocycles. The van der Waals surface area contributed by atoms with Crippen LogP contribution in [0.5, 0.6) is 0 Å². The number of piperazine rings is 1. The van der Waals surface area contributed by atoms with Gasteiger partial charge in [-0.05, 0) is 50.4 Å². The summed E-state index contributed by atoms with van der Waals surface area (Å²) in [6.07, 6.45) is 7.91. The third-order valence-electron chi connectivity index (χ3n) is 6.76. The molecule has 2 unspecified atom stereocenters. The Morgan fingerprint density at radius 1 is 0.960 bits per heavy atom. The topological polar surface area (TPSA) is 78.7 Å². The highest BCUT2D eigenvalue weighted by Crippen LogP contribution is 2.42. The Morgan fingerprint density at radius 2 is 1.60 bits per heavy atom. The van der Waals surface area contributed by atoms with E-state index in [4.69, 9.17) is 5.73 Å². The van der Waals surface area contributed by atoms with Crippen LogP contribution in [0.25, 0.3) is 0 Å². The number of rotatable bonds is 4. The SMILES string of the molecule is NC1C2CCCC1CC(C(=O)N1CCN(CC(=O)NC3CC3)CC1)C2. The normalized spacial score (nSPS) is 36.1. The summed E-state index contributed by atoms with van der Waals surface area (Å²) in [4.78, 5) is 29.1. The van der Waals surface area contributed by atoms with Gasteiger partial charge < -0.3 is 16.0 Å². The fraction of sp³-hybridized carbons (Fsp3) is 0.895. The third kappa shape index (κ3) is 4.00. The lowest BCUT2D eigenvalue weighted by atomic mass is 9.65. The molecule has 4 aliphatic rings. The third-order valence-corrected chi connectivity index (χ3v) is 6.76. The van der Waals surface area contributed by atoms with Gasteiger partial charge in [-0.2, -0.15) is 0 Å². The minimum Gasteiger partial charge on any atom is -0.352 e. The molecular weight excluding hydrogens is 316 g/mol. The molecule has 2 amide bonds. The van der Waals surface area contributed by atoms with E-state index in [0.717, 1.165) is 51.9 Å². The van der Waals surface area contributed by atoms with E-state index in [2.05, 4.69) is 10.2 Å².